The van der Waals surface area contributed by atoms with E-state index in [1.807, 2.05) is 0 Å². The normalized spacial score (nSPS) is 11.4. The molecule has 0 radical (unpaired) electrons. The summed E-state index contributed by atoms with van der Waals surface area (Å²) in [6.07, 6.45) is 3.03. The molecule has 0 N–H and O–H groups in total. The Morgan fingerprint density at radius 1 is 1.29 bits per heavy atom. The van der Waals surface area contributed by atoms with Crippen molar-refractivity contribution >= 4 is 47.6 Å². The summed E-state index contributed by atoms with van der Waals surface area (Å²) in [6, 6.07) is 5.55. The van der Waals surface area contributed by atoms with Gasteiger partial charge in [0, 0.05) is 21.7 Å². The van der Waals surface area contributed by atoms with Crippen LogP contribution in [0.4, 0.5) is 10.1 Å². The molecule has 1 heterocycles. The van der Waals surface area contributed by atoms with E-state index in [0.717, 1.165) is 12.1 Å². The molecule has 0 amide bonds. The molecule has 1 aromatic carbocycles. The predicted octanol–water partition coefficient (Wildman–Crippen LogP) is 3.96. The van der Waals surface area contributed by atoms with Gasteiger partial charge in [-0.3, -0.25) is 9.29 Å². The highest BCUT2D eigenvalue weighted by Gasteiger charge is 2.28. The second-order valence-electron chi connectivity index (χ2n) is 4.08. The van der Waals surface area contributed by atoms with Crippen LogP contribution in [0.15, 0.2) is 50.5 Å². The van der Waals surface area contributed by atoms with Gasteiger partial charge in [-0.05, 0) is 63.0 Å². The first-order chi connectivity index (χ1) is 9.87. The molecule has 0 saturated carbocycles. The smallest absolute Gasteiger partial charge is 0.265 e. The minimum absolute atomic E-state index is 0.0189. The summed E-state index contributed by atoms with van der Waals surface area (Å²) in [5, 5.41) is 0. The van der Waals surface area contributed by atoms with Crippen molar-refractivity contribution in [2.45, 2.75) is 11.8 Å². The number of benzene rings is 1. The molecule has 0 aliphatic rings. The summed E-state index contributed by atoms with van der Waals surface area (Å²) in [7, 11) is -3.85. The van der Waals surface area contributed by atoms with Crippen molar-refractivity contribution in [1.29, 1.82) is 0 Å². The first-order valence-electron chi connectivity index (χ1n) is 5.95. The van der Waals surface area contributed by atoms with Gasteiger partial charge in [0.2, 0.25) is 0 Å². The molecule has 0 atom stereocenters. The maximum absolute atomic E-state index is 13.3. The number of rotatable bonds is 4. The molecule has 0 saturated heterocycles. The third kappa shape index (κ3) is 3.27. The lowest BCUT2D eigenvalue weighted by atomic mass is 10.3. The fourth-order valence-corrected chi connectivity index (χ4v) is 5.79. The summed E-state index contributed by atoms with van der Waals surface area (Å²) in [5.41, 5.74) is 0.447. The van der Waals surface area contributed by atoms with Crippen LogP contribution >= 0.6 is 31.9 Å². The number of halogens is 3. The van der Waals surface area contributed by atoms with Crippen LogP contribution in [0.1, 0.15) is 6.92 Å². The average Bonchev–Trinajstić information content (AvgIpc) is 2.38. The average molecular weight is 438 g/mol. The summed E-state index contributed by atoms with van der Waals surface area (Å²) < 4.78 is 40.5. The molecule has 112 valence electrons. The first-order valence-corrected chi connectivity index (χ1v) is 8.98. The molecule has 0 fully saturated rings. The highest BCUT2D eigenvalue weighted by molar-refractivity contribution is 9.11. The van der Waals surface area contributed by atoms with E-state index in [2.05, 4.69) is 36.8 Å². The van der Waals surface area contributed by atoms with Crippen LogP contribution in [0.25, 0.3) is 0 Å². The molecular formula is C13H11Br2FN2O2S. The molecule has 4 nitrogen and oxygen atoms in total. The Morgan fingerprint density at radius 3 is 2.38 bits per heavy atom. The Bertz CT molecular complexity index is 731. The number of aromatic nitrogens is 1. The van der Waals surface area contributed by atoms with Crippen molar-refractivity contribution in [2.24, 2.45) is 0 Å². The summed E-state index contributed by atoms with van der Waals surface area (Å²) in [5.74, 6) is -0.530. The summed E-state index contributed by atoms with van der Waals surface area (Å²) in [6.45, 7) is 1.94. The Morgan fingerprint density at radius 2 is 1.90 bits per heavy atom. The van der Waals surface area contributed by atoms with Crippen molar-refractivity contribution in [3.63, 3.8) is 0 Å². The zero-order valence-electron chi connectivity index (χ0n) is 10.9. The van der Waals surface area contributed by atoms with Crippen molar-refractivity contribution in [3.8, 4) is 0 Å². The molecule has 2 rings (SSSR count). The maximum Gasteiger partial charge on any atom is 0.266 e. The number of sulfonamides is 1. The lowest BCUT2D eigenvalue weighted by Crippen LogP contribution is -2.31. The third-order valence-electron chi connectivity index (χ3n) is 2.73. The van der Waals surface area contributed by atoms with Gasteiger partial charge in [0.15, 0.2) is 0 Å². The topological polar surface area (TPSA) is 50.3 Å². The van der Waals surface area contributed by atoms with Crippen LogP contribution in [-0.4, -0.2) is 19.9 Å². The van der Waals surface area contributed by atoms with E-state index in [1.54, 1.807) is 25.3 Å². The number of hydrogen-bond acceptors (Lipinski definition) is 3. The standard InChI is InChI=1S/C13H11Br2FN2O2S/c1-2-18(10-4-3-5-17-8-10)21(19,20)13-11(14)6-9(16)7-12(13)15/h3-8H,2H2,1H3. The number of pyridine rings is 1. The Kier molecular flexibility index (Phi) is 5.00. The summed E-state index contributed by atoms with van der Waals surface area (Å²) >= 11 is 6.22. The van der Waals surface area contributed by atoms with E-state index in [1.165, 1.54) is 10.5 Å². The van der Waals surface area contributed by atoms with Gasteiger partial charge < -0.3 is 0 Å². The van der Waals surface area contributed by atoms with E-state index in [0.29, 0.717) is 5.69 Å². The van der Waals surface area contributed by atoms with Gasteiger partial charge in [-0.15, -0.1) is 0 Å². The Balaban J connectivity index is 2.61. The monoisotopic (exact) mass is 436 g/mol. The van der Waals surface area contributed by atoms with Crippen LogP contribution in [0.2, 0.25) is 0 Å². The lowest BCUT2D eigenvalue weighted by molar-refractivity contribution is 0.589. The van der Waals surface area contributed by atoms with E-state index < -0.39 is 15.8 Å². The number of hydrogen-bond donors (Lipinski definition) is 0. The number of anilines is 1. The van der Waals surface area contributed by atoms with Crippen molar-refractivity contribution in [3.05, 3.63) is 51.4 Å². The molecule has 0 aliphatic heterocycles. The van der Waals surface area contributed by atoms with Crippen LogP contribution < -0.4 is 4.31 Å². The first kappa shape index (κ1) is 16.4. The van der Waals surface area contributed by atoms with Gasteiger partial charge in [0.05, 0.1) is 11.9 Å². The van der Waals surface area contributed by atoms with E-state index in [-0.39, 0.29) is 20.4 Å². The van der Waals surface area contributed by atoms with E-state index in [4.69, 9.17) is 0 Å². The Labute approximate surface area is 139 Å². The molecule has 0 bridgehead atoms. The quantitative estimate of drug-likeness (QED) is 0.727. The van der Waals surface area contributed by atoms with Crippen molar-refractivity contribution in [1.82, 2.24) is 4.98 Å². The van der Waals surface area contributed by atoms with Gasteiger partial charge in [-0.2, -0.15) is 0 Å². The molecule has 2 aromatic rings. The van der Waals surface area contributed by atoms with Crippen LogP contribution in [0, 0.1) is 5.82 Å². The van der Waals surface area contributed by atoms with E-state index in [9.17, 15) is 12.8 Å². The van der Waals surface area contributed by atoms with E-state index >= 15 is 0 Å². The predicted molar refractivity (Wildman–Crippen MR) is 86.2 cm³/mol. The van der Waals surface area contributed by atoms with Gasteiger partial charge in [-0.1, -0.05) is 0 Å². The van der Waals surface area contributed by atoms with Crippen molar-refractivity contribution in [2.75, 3.05) is 10.8 Å². The molecule has 0 spiro atoms. The van der Waals surface area contributed by atoms with Gasteiger partial charge in [0.25, 0.3) is 10.0 Å². The SMILES string of the molecule is CCN(c1cccnc1)S(=O)(=O)c1c(Br)cc(F)cc1Br. The van der Waals surface area contributed by atoms with Gasteiger partial charge >= 0.3 is 0 Å². The third-order valence-corrected chi connectivity index (χ3v) is 6.51. The largest absolute Gasteiger partial charge is 0.266 e. The molecule has 21 heavy (non-hydrogen) atoms. The van der Waals surface area contributed by atoms with Crippen molar-refractivity contribution < 1.29 is 12.8 Å². The maximum atomic E-state index is 13.3. The fraction of sp³-hybridized carbons (Fsp3) is 0.154. The second-order valence-corrected chi connectivity index (χ2v) is 7.59. The Hall–Kier alpha value is -0.990. The summed E-state index contributed by atoms with van der Waals surface area (Å²) in [4.78, 5) is 3.91. The van der Waals surface area contributed by atoms with Crippen LogP contribution in [0.5, 0.6) is 0 Å². The second kappa shape index (κ2) is 6.41. The lowest BCUT2D eigenvalue weighted by Gasteiger charge is -2.23. The van der Waals surface area contributed by atoms with Crippen LogP contribution in [0.3, 0.4) is 0 Å². The highest BCUT2D eigenvalue weighted by atomic mass is 79.9. The molecule has 0 unspecified atom stereocenters. The molecule has 1 aromatic heterocycles. The zero-order valence-corrected chi connectivity index (χ0v) is 14.9. The molecule has 0 aliphatic carbocycles. The highest BCUT2D eigenvalue weighted by Crippen LogP contribution is 2.34. The molecular weight excluding hydrogens is 427 g/mol. The minimum atomic E-state index is -3.85. The fourth-order valence-electron chi connectivity index (χ4n) is 1.88. The zero-order chi connectivity index (χ0) is 15.6. The van der Waals surface area contributed by atoms with Crippen LogP contribution in [-0.2, 0) is 10.0 Å². The van der Waals surface area contributed by atoms with Gasteiger partial charge in [0.1, 0.15) is 10.7 Å². The number of nitrogens with zero attached hydrogens (tertiary/aromatic N) is 2. The minimum Gasteiger partial charge on any atom is -0.265 e. The molecule has 8 heteroatoms. The van der Waals surface area contributed by atoms with Gasteiger partial charge in [-0.25, -0.2) is 12.8 Å².